The lowest BCUT2D eigenvalue weighted by molar-refractivity contribution is -0.159. The minimum Gasteiger partial charge on any atom is -0.480 e. The Kier molecular flexibility index (Phi) is 3.50. The van der Waals surface area contributed by atoms with Crippen LogP contribution in [0.4, 0.5) is 0 Å². The quantitative estimate of drug-likeness (QED) is 0.773. The molecule has 0 aromatic heterocycles. The molecule has 2 rings (SSSR count). The van der Waals surface area contributed by atoms with Crippen LogP contribution in [-0.2, 0) is 9.53 Å². The van der Waals surface area contributed by atoms with E-state index >= 15 is 0 Å². The highest BCUT2D eigenvalue weighted by molar-refractivity contribution is 5.79. The fourth-order valence-corrected chi connectivity index (χ4v) is 2.71. The van der Waals surface area contributed by atoms with Crippen LogP contribution in [0, 0.1) is 0 Å². The van der Waals surface area contributed by atoms with Gasteiger partial charge in [-0.1, -0.05) is 6.92 Å². The lowest BCUT2D eigenvalue weighted by Crippen LogP contribution is -2.58. The van der Waals surface area contributed by atoms with Crippen LogP contribution in [0.1, 0.15) is 39.0 Å². The van der Waals surface area contributed by atoms with Gasteiger partial charge in [-0.05, 0) is 38.6 Å². The van der Waals surface area contributed by atoms with Crippen LogP contribution in [0.15, 0.2) is 0 Å². The molecule has 4 nitrogen and oxygen atoms in total. The number of rotatable bonds is 5. The molecule has 0 amide bonds. The van der Waals surface area contributed by atoms with Crippen molar-refractivity contribution in [3.63, 3.8) is 0 Å². The SMILES string of the molecule is CCCN(C1CC1)C1(C(=O)O)CCOCC1. The second-order valence-corrected chi connectivity index (χ2v) is 4.87. The Morgan fingerprint density at radius 3 is 2.50 bits per heavy atom. The molecule has 16 heavy (non-hydrogen) atoms. The summed E-state index contributed by atoms with van der Waals surface area (Å²) in [5, 5.41) is 9.57. The molecule has 1 N–H and O–H groups in total. The average molecular weight is 227 g/mol. The number of hydrogen-bond acceptors (Lipinski definition) is 3. The lowest BCUT2D eigenvalue weighted by atomic mass is 9.87. The molecule has 0 spiro atoms. The summed E-state index contributed by atoms with van der Waals surface area (Å²) in [7, 11) is 0. The summed E-state index contributed by atoms with van der Waals surface area (Å²) >= 11 is 0. The third-order valence-electron chi connectivity index (χ3n) is 3.72. The van der Waals surface area contributed by atoms with Crippen LogP contribution in [-0.4, -0.2) is 47.3 Å². The van der Waals surface area contributed by atoms with Crippen molar-refractivity contribution >= 4 is 5.97 Å². The maximum absolute atomic E-state index is 11.6. The fraction of sp³-hybridized carbons (Fsp3) is 0.917. The molecule has 4 heteroatoms. The van der Waals surface area contributed by atoms with Gasteiger partial charge in [-0.3, -0.25) is 9.69 Å². The summed E-state index contributed by atoms with van der Waals surface area (Å²) in [5.74, 6) is -0.656. The molecule has 2 fully saturated rings. The van der Waals surface area contributed by atoms with Gasteiger partial charge in [0.15, 0.2) is 0 Å². The third kappa shape index (κ3) is 2.09. The lowest BCUT2D eigenvalue weighted by Gasteiger charge is -2.43. The molecule has 1 heterocycles. The first-order valence-corrected chi connectivity index (χ1v) is 6.28. The van der Waals surface area contributed by atoms with Crippen LogP contribution < -0.4 is 0 Å². The first-order valence-electron chi connectivity index (χ1n) is 6.28. The van der Waals surface area contributed by atoms with Crippen molar-refractivity contribution in [2.45, 2.75) is 50.6 Å². The monoisotopic (exact) mass is 227 g/mol. The van der Waals surface area contributed by atoms with Gasteiger partial charge in [0.25, 0.3) is 0 Å². The van der Waals surface area contributed by atoms with Crippen molar-refractivity contribution in [1.29, 1.82) is 0 Å². The highest BCUT2D eigenvalue weighted by Crippen LogP contribution is 2.38. The van der Waals surface area contributed by atoms with Gasteiger partial charge in [0.1, 0.15) is 5.54 Å². The molecule has 1 aliphatic carbocycles. The van der Waals surface area contributed by atoms with E-state index in [9.17, 15) is 9.90 Å². The first-order chi connectivity index (χ1) is 7.70. The Hall–Kier alpha value is -0.610. The van der Waals surface area contributed by atoms with E-state index in [1.807, 2.05) is 0 Å². The molecule has 1 saturated carbocycles. The topological polar surface area (TPSA) is 49.8 Å². The number of nitrogens with zero attached hydrogens (tertiary/aromatic N) is 1. The van der Waals surface area contributed by atoms with E-state index in [-0.39, 0.29) is 0 Å². The largest absolute Gasteiger partial charge is 0.480 e. The number of ether oxygens (including phenoxy) is 1. The van der Waals surface area contributed by atoms with E-state index in [1.54, 1.807) is 0 Å². The van der Waals surface area contributed by atoms with E-state index < -0.39 is 11.5 Å². The standard InChI is InChI=1S/C12H21NO3/c1-2-7-13(10-3-4-10)12(11(14)15)5-8-16-9-6-12/h10H,2-9H2,1H3,(H,14,15). The smallest absolute Gasteiger partial charge is 0.324 e. The van der Waals surface area contributed by atoms with E-state index in [0.717, 1.165) is 25.8 Å². The number of carboxylic acid groups (broad SMARTS) is 1. The van der Waals surface area contributed by atoms with E-state index in [0.29, 0.717) is 32.1 Å². The normalized spacial score (nSPS) is 24.6. The summed E-state index contributed by atoms with van der Waals surface area (Å²) in [6.45, 7) is 4.18. The van der Waals surface area contributed by atoms with Crippen LogP contribution in [0.3, 0.4) is 0 Å². The zero-order chi connectivity index (χ0) is 11.6. The number of aliphatic carboxylic acids is 1. The predicted molar refractivity (Wildman–Crippen MR) is 60.4 cm³/mol. The summed E-state index contributed by atoms with van der Waals surface area (Å²) in [6.07, 6.45) is 4.62. The van der Waals surface area contributed by atoms with Crippen molar-refractivity contribution in [2.24, 2.45) is 0 Å². The summed E-state index contributed by atoms with van der Waals surface area (Å²) in [5.41, 5.74) is -0.643. The second kappa shape index (κ2) is 4.72. The van der Waals surface area contributed by atoms with Crippen LogP contribution >= 0.6 is 0 Å². The van der Waals surface area contributed by atoms with Crippen LogP contribution in [0.5, 0.6) is 0 Å². The Bertz CT molecular complexity index is 257. The van der Waals surface area contributed by atoms with Gasteiger partial charge in [0.2, 0.25) is 0 Å². The molecule has 1 aliphatic heterocycles. The molecule has 92 valence electrons. The van der Waals surface area contributed by atoms with Crippen LogP contribution in [0.25, 0.3) is 0 Å². The summed E-state index contributed by atoms with van der Waals surface area (Å²) in [4.78, 5) is 13.9. The third-order valence-corrected chi connectivity index (χ3v) is 3.72. The molecule has 0 aromatic carbocycles. The van der Waals surface area contributed by atoms with Gasteiger partial charge in [-0.2, -0.15) is 0 Å². The van der Waals surface area contributed by atoms with Gasteiger partial charge < -0.3 is 9.84 Å². The molecular formula is C12H21NO3. The molecule has 0 atom stereocenters. The van der Waals surface area contributed by atoms with E-state index in [1.165, 1.54) is 0 Å². The molecule has 0 bridgehead atoms. The van der Waals surface area contributed by atoms with Crippen molar-refractivity contribution in [3.05, 3.63) is 0 Å². The predicted octanol–water partition coefficient (Wildman–Crippen LogP) is 1.49. The Labute approximate surface area is 96.6 Å². The van der Waals surface area contributed by atoms with Crippen molar-refractivity contribution in [3.8, 4) is 0 Å². The number of hydrogen-bond donors (Lipinski definition) is 1. The van der Waals surface area contributed by atoms with Gasteiger partial charge in [0, 0.05) is 19.3 Å². The minimum absolute atomic E-state index is 0.508. The second-order valence-electron chi connectivity index (χ2n) is 4.87. The minimum atomic E-state index is -0.656. The average Bonchev–Trinajstić information content (AvgIpc) is 3.10. The van der Waals surface area contributed by atoms with Gasteiger partial charge in [0.05, 0.1) is 0 Å². The first kappa shape index (κ1) is 11.9. The molecule has 2 aliphatic rings. The molecular weight excluding hydrogens is 206 g/mol. The van der Waals surface area contributed by atoms with Gasteiger partial charge in [-0.25, -0.2) is 0 Å². The molecule has 0 unspecified atom stereocenters. The maximum atomic E-state index is 11.6. The Balaban J connectivity index is 2.17. The van der Waals surface area contributed by atoms with Crippen molar-refractivity contribution in [2.75, 3.05) is 19.8 Å². The highest BCUT2D eigenvalue weighted by atomic mass is 16.5. The molecule has 1 saturated heterocycles. The van der Waals surface area contributed by atoms with Crippen molar-refractivity contribution < 1.29 is 14.6 Å². The van der Waals surface area contributed by atoms with E-state index in [4.69, 9.17) is 4.74 Å². The zero-order valence-corrected chi connectivity index (χ0v) is 9.95. The molecule has 0 radical (unpaired) electrons. The molecule has 0 aromatic rings. The van der Waals surface area contributed by atoms with Crippen LogP contribution in [0.2, 0.25) is 0 Å². The summed E-state index contributed by atoms with van der Waals surface area (Å²) in [6, 6.07) is 0.508. The van der Waals surface area contributed by atoms with Gasteiger partial charge >= 0.3 is 5.97 Å². The Morgan fingerprint density at radius 2 is 2.06 bits per heavy atom. The zero-order valence-electron chi connectivity index (χ0n) is 9.95. The van der Waals surface area contributed by atoms with Crippen molar-refractivity contribution in [1.82, 2.24) is 4.90 Å². The maximum Gasteiger partial charge on any atom is 0.324 e. The Morgan fingerprint density at radius 1 is 1.44 bits per heavy atom. The highest BCUT2D eigenvalue weighted by Gasteiger charge is 2.49. The summed E-state index contributed by atoms with van der Waals surface area (Å²) < 4.78 is 5.31. The van der Waals surface area contributed by atoms with Gasteiger partial charge in [-0.15, -0.1) is 0 Å². The van der Waals surface area contributed by atoms with E-state index in [2.05, 4.69) is 11.8 Å². The number of carbonyl (C=O) groups is 1. The number of carboxylic acids is 1. The fourth-order valence-electron chi connectivity index (χ4n) is 2.71.